The van der Waals surface area contributed by atoms with Crippen molar-refractivity contribution in [3.05, 3.63) is 41.3 Å². The second-order valence-corrected chi connectivity index (χ2v) is 7.86. The van der Waals surface area contributed by atoms with E-state index in [9.17, 15) is 19.1 Å². The molecule has 3 N–H and O–H groups in total. The summed E-state index contributed by atoms with van der Waals surface area (Å²) in [4.78, 5) is 35.2. The Bertz CT molecular complexity index is 1000. The molecule has 2 amide bonds. The van der Waals surface area contributed by atoms with Crippen LogP contribution in [0.3, 0.4) is 0 Å². The van der Waals surface area contributed by atoms with Crippen LogP contribution >= 0.6 is 0 Å². The molecule has 0 unspecified atom stereocenters. The number of hydrogen-bond donors (Lipinski definition) is 3. The molecule has 1 aromatic heterocycles. The van der Waals surface area contributed by atoms with Crippen molar-refractivity contribution in [1.29, 1.82) is 0 Å². The molecule has 2 fully saturated rings. The van der Waals surface area contributed by atoms with Crippen LogP contribution in [0.4, 0.5) is 26.6 Å². The number of carbonyl (C=O) groups is 2. The van der Waals surface area contributed by atoms with Crippen molar-refractivity contribution in [1.82, 2.24) is 20.2 Å². The molecule has 1 aromatic carbocycles. The largest absolute Gasteiger partial charge is 0.465 e. The van der Waals surface area contributed by atoms with Crippen LogP contribution in [-0.4, -0.2) is 63.7 Å². The van der Waals surface area contributed by atoms with Gasteiger partial charge in [0.1, 0.15) is 0 Å². The summed E-state index contributed by atoms with van der Waals surface area (Å²) in [6, 6.07) is 4.95. The lowest BCUT2D eigenvalue weighted by molar-refractivity contribution is 0.0955. The number of nitrogens with one attached hydrogen (secondary N) is 2. The number of nitrogens with zero attached hydrogens (tertiary/aromatic N) is 4. The summed E-state index contributed by atoms with van der Waals surface area (Å²) in [6.07, 6.45) is 1.72. The summed E-state index contributed by atoms with van der Waals surface area (Å²) in [5.41, 5.74) is 2.05. The van der Waals surface area contributed by atoms with Gasteiger partial charge >= 0.3 is 6.09 Å². The van der Waals surface area contributed by atoms with Crippen molar-refractivity contribution >= 4 is 29.5 Å². The smallest absolute Gasteiger partial charge is 0.407 e. The van der Waals surface area contributed by atoms with E-state index in [1.807, 2.05) is 19.9 Å². The molecule has 2 bridgehead atoms. The summed E-state index contributed by atoms with van der Waals surface area (Å²) < 4.78 is 14.5. The van der Waals surface area contributed by atoms with Crippen LogP contribution in [0.1, 0.15) is 35.7 Å². The summed E-state index contributed by atoms with van der Waals surface area (Å²) in [6.45, 7) is 5.05. The minimum absolute atomic E-state index is 0.137. The zero-order valence-corrected chi connectivity index (χ0v) is 17.4. The van der Waals surface area contributed by atoms with Gasteiger partial charge in [-0.1, -0.05) is 0 Å². The van der Waals surface area contributed by atoms with E-state index in [2.05, 4.69) is 20.6 Å². The molecule has 0 radical (unpaired) electrons. The van der Waals surface area contributed by atoms with Crippen molar-refractivity contribution in [2.75, 3.05) is 29.9 Å². The summed E-state index contributed by atoms with van der Waals surface area (Å²) in [7, 11) is 0. The van der Waals surface area contributed by atoms with E-state index in [1.165, 1.54) is 4.90 Å². The molecule has 0 saturated carbocycles. The van der Waals surface area contributed by atoms with Crippen molar-refractivity contribution in [2.45, 2.75) is 38.8 Å². The zero-order chi connectivity index (χ0) is 22.1. The van der Waals surface area contributed by atoms with E-state index < -0.39 is 11.9 Å². The molecule has 31 heavy (non-hydrogen) atoms. The van der Waals surface area contributed by atoms with Crippen molar-refractivity contribution in [3.63, 3.8) is 0 Å². The molecule has 2 saturated heterocycles. The molecular weight excluding hydrogens is 403 g/mol. The highest BCUT2D eigenvalue weighted by Crippen LogP contribution is 2.33. The molecule has 0 aliphatic carbocycles. The van der Waals surface area contributed by atoms with Gasteiger partial charge in [-0.3, -0.25) is 9.69 Å². The van der Waals surface area contributed by atoms with Gasteiger partial charge in [0.25, 0.3) is 5.91 Å². The maximum atomic E-state index is 14.5. The number of aryl methyl sites for hydroxylation is 1. The van der Waals surface area contributed by atoms with Crippen molar-refractivity contribution < 1.29 is 19.1 Å². The number of piperazine rings is 1. The Balaban J connectivity index is 1.52. The van der Waals surface area contributed by atoms with Gasteiger partial charge < -0.3 is 20.6 Å². The monoisotopic (exact) mass is 428 g/mol. The number of rotatable bonds is 5. The van der Waals surface area contributed by atoms with Crippen molar-refractivity contribution in [2.24, 2.45) is 0 Å². The SMILES string of the molecule is CCNC(=O)c1ccc(Nc2ncc(F)c(N3C[C@H]4CC[C@@H](C3)N4C(=O)O)n2)cc1C. The Labute approximate surface area is 179 Å². The Morgan fingerprint density at radius 3 is 2.58 bits per heavy atom. The predicted molar refractivity (Wildman–Crippen MR) is 113 cm³/mol. The molecule has 3 heterocycles. The van der Waals surface area contributed by atoms with Crippen LogP contribution in [0.5, 0.6) is 0 Å². The molecule has 10 heteroatoms. The minimum atomic E-state index is -0.927. The average molecular weight is 428 g/mol. The fourth-order valence-electron chi connectivity index (χ4n) is 4.41. The maximum Gasteiger partial charge on any atom is 0.407 e. The van der Waals surface area contributed by atoms with Gasteiger partial charge in [0, 0.05) is 30.9 Å². The summed E-state index contributed by atoms with van der Waals surface area (Å²) in [5, 5.41) is 15.3. The van der Waals surface area contributed by atoms with E-state index in [1.54, 1.807) is 17.0 Å². The number of amides is 2. The quantitative estimate of drug-likeness (QED) is 0.672. The van der Waals surface area contributed by atoms with E-state index in [0.717, 1.165) is 24.6 Å². The number of halogens is 1. The first kappa shape index (κ1) is 20.8. The first-order valence-electron chi connectivity index (χ1n) is 10.3. The summed E-state index contributed by atoms with van der Waals surface area (Å²) in [5.74, 6) is -0.289. The summed E-state index contributed by atoms with van der Waals surface area (Å²) >= 11 is 0. The Hall–Kier alpha value is -3.43. The van der Waals surface area contributed by atoms with Crippen LogP contribution in [0, 0.1) is 12.7 Å². The lowest BCUT2D eigenvalue weighted by Crippen LogP contribution is -2.56. The van der Waals surface area contributed by atoms with Crippen molar-refractivity contribution in [3.8, 4) is 0 Å². The van der Waals surface area contributed by atoms with E-state index >= 15 is 0 Å². The second-order valence-electron chi connectivity index (χ2n) is 7.86. The molecule has 2 atom stereocenters. The number of hydrogen-bond acceptors (Lipinski definition) is 6. The van der Waals surface area contributed by atoms with Crippen LogP contribution < -0.4 is 15.5 Å². The van der Waals surface area contributed by atoms with Gasteiger partial charge in [0.2, 0.25) is 5.95 Å². The Morgan fingerprint density at radius 1 is 1.26 bits per heavy atom. The number of benzene rings is 1. The lowest BCUT2D eigenvalue weighted by atomic mass is 10.1. The van der Waals surface area contributed by atoms with Crippen LogP contribution in [0.2, 0.25) is 0 Å². The van der Waals surface area contributed by atoms with Gasteiger partial charge in [-0.15, -0.1) is 0 Å². The third kappa shape index (κ3) is 4.10. The number of fused-ring (bicyclic) bond motifs is 2. The van der Waals surface area contributed by atoms with Gasteiger partial charge in [-0.05, 0) is 50.5 Å². The first-order valence-corrected chi connectivity index (χ1v) is 10.3. The third-order valence-electron chi connectivity index (χ3n) is 5.79. The van der Waals surface area contributed by atoms with Crippen LogP contribution in [0.25, 0.3) is 0 Å². The van der Waals surface area contributed by atoms with Gasteiger partial charge in [0.15, 0.2) is 11.6 Å². The molecule has 2 aromatic rings. The van der Waals surface area contributed by atoms with E-state index in [0.29, 0.717) is 30.9 Å². The van der Waals surface area contributed by atoms with Crippen LogP contribution in [0.15, 0.2) is 24.4 Å². The highest BCUT2D eigenvalue weighted by Gasteiger charge is 2.43. The molecule has 4 rings (SSSR count). The lowest BCUT2D eigenvalue weighted by Gasteiger charge is -2.40. The van der Waals surface area contributed by atoms with E-state index in [4.69, 9.17) is 0 Å². The van der Waals surface area contributed by atoms with Gasteiger partial charge in [-0.2, -0.15) is 4.98 Å². The van der Waals surface area contributed by atoms with Crippen LogP contribution in [-0.2, 0) is 0 Å². The fraction of sp³-hybridized carbons (Fsp3) is 0.429. The molecule has 164 valence electrons. The standard InChI is InChI=1S/C21H25FN6O3/c1-3-23-19(29)16-7-4-13(8-12(16)2)25-20-24-9-17(22)18(26-20)27-10-14-5-6-15(11-27)28(14)21(30)31/h4,7-9,14-15H,3,5-6,10-11H2,1-2H3,(H,23,29)(H,30,31)(H,24,25,26)/t14-,15+. The third-order valence-corrected chi connectivity index (χ3v) is 5.79. The highest BCUT2D eigenvalue weighted by molar-refractivity contribution is 5.96. The van der Waals surface area contributed by atoms with E-state index in [-0.39, 0.29) is 29.8 Å². The Morgan fingerprint density at radius 2 is 1.97 bits per heavy atom. The normalized spacial score (nSPS) is 20.0. The van der Waals surface area contributed by atoms with Gasteiger partial charge in [0.05, 0.1) is 18.3 Å². The zero-order valence-electron chi connectivity index (χ0n) is 17.4. The topological polar surface area (TPSA) is 111 Å². The first-order chi connectivity index (χ1) is 14.9. The second kappa shape index (κ2) is 8.37. The minimum Gasteiger partial charge on any atom is -0.465 e. The number of anilines is 3. The van der Waals surface area contributed by atoms with Gasteiger partial charge in [-0.25, -0.2) is 14.2 Å². The molecule has 2 aliphatic heterocycles. The molecule has 2 aliphatic rings. The molecule has 0 spiro atoms. The number of carbonyl (C=O) groups excluding carboxylic acids is 1. The number of aromatic nitrogens is 2. The molecular formula is C21H25FN6O3. The predicted octanol–water partition coefficient (Wildman–Crippen LogP) is 2.75. The Kier molecular flexibility index (Phi) is 5.62. The fourth-order valence-corrected chi connectivity index (χ4v) is 4.41. The average Bonchev–Trinajstić information content (AvgIpc) is 3.00. The molecule has 9 nitrogen and oxygen atoms in total. The maximum absolute atomic E-state index is 14.5. The highest BCUT2D eigenvalue weighted by atomic mass is 19.1. The number of carboxylic acid groups (broad SMARTS) is 1.